The number of methoxy groups -OCH3 is 2. The number of benzene rings is 2. The molecule has 2 aliphatic heterocycles. The molecule has 0 saturated carbocycles. The Bertz CT molecular complexity index is 917. The maximum absolute atomic E-state index is 6.45. The van der Waals surface area contributed by atoms with Crippen molar-refractivity contribution in [3.63, 3.8) is 0 Å². The fourth-order valence-corrected chi connectivity index (χ4v) is 4.58. The van der Waals surface area contributed by atoms with Gasteiger partial charge >= 0.3 is 0 Å². The Morgan fingerprint density at radius 1 is 1.18 bits per heavy atom. The van der Waals surface area contributed by atoms with Gasteiger partial charge in [-0.25, -0.2) is 0 Å². The Balaban J connectivity index is 1.55. The lowest BCUT2D eigenvalue weighted by Gasteiger charge is -2.52. The van der Waals surface area contributed by atoms with E-state index in [1.807, 2.05) is 12.1 Å². The van der Waals surface area contributed by atoms with Crippen molar-refractivity contribution in [1.29, 1.82) is 0 Å². The fraction of sp³-hybridized carbons (Fsp3) is 0.409. The highest BCUT2D eigenvalue weighted by Crippen LogP contribution is 2.44. The van der Waals surface area contributed by atoms with E-state index in [0.717, 1.165) is 47.3 Å². The van der Waals surface area contributed by atoms with E-state index in [2.05, 4.69) is 48.3 Å². The summed E-state index contributed by atoms with van der Waals surface area (Å²) in [5, 5.41) is 4.26. The summed E-state index contributed by atoms with van der Waals surface area (Å²) >= 11 is 5.71. The molecule has 2 atom stereocenters. The maximum Gasteiger partial charge on any atom is 0.184 e. The molecule has 1 fully saturated rings. The maximum atomic E-state index is 6.45. The average molecular weight is 399 g/mol. The van der Waals surface area contributed by atoms with Crippen LogP contribution in [0, 0.1) is 6.92 Å². The van der Waals surface area contributed by atoms with Gasteiger partial charge in [-0.1, -0.05) is 23.8 Å². The first-order valence-corrected chi connectivity index (χ1v) is 9.93. The van der Waals surface area contributed by atoms with E-state index in [1.165, 1.54) is 11.1 Å². The van der Waals surface area contributed by atoms with Crippen LogP contribution in [-0.2, 0) is 6.42 Å². The second-order valence-corrected chi connectivity index (χ2v) is 8.00. The van der Waals surface area contributed by atoms with Crippen molar-refractivity contribution in [2.75, 3.05) is 20.8 Å². The molecule has 2 bridgehead atoms. The summed E-state index contributed by atoms with van der Waals surface area (Å²) in [7, 11) is 3.30. The molecule has 1 N–H and O–H groups in total. The number of hydrogen-bond acceptors (Lipinski definition) is 4. The molecule has 1 saturated heterocycles. The molecule has 5 nitrogen and oxygen atoms in total. The normalized spacial score (nSPS) is 22.8. The molecule has 6 heteroatoms. The predicted octanol–water partition coefficient (Wildman–Crippen LogP) is 3.98. The molecule has 2 aromatic rings. The average Bonchev–Trinajstić information content (AvgIpc) is 2.67. The van der Waals surface area contributed by atoms with E-state index in [0.29, 0.717) is 0 Å². The van der Waals surface area contributed by atoms with Crippen LogP contribution >= 0.6 is 12.2 Å². The highest BCUT2D eigenvalue weighted by molar-refractivity contribution is 7.80. The monoisotopic (exact) mass is 398 g/mol. The van der Waals surface area contributed by atoms with Gasteiger partial charge in [0.25, 0.3) is 0 Å². The summed E-state index contributed by atoms with van der Waals surface area (Å²) in [4.78, 5) is 2.17. The molecule has 4 rings (SSSR count). The number of hydrogen-bond donors (Lipinski definition) is 1. The van der Waals surface area contributed by atoms with E-state index in [9.17, 15) is 0 Å². The van der Waals surface area contributed by atoms with E-state index in [-0.39, 0.29) is 6.04 Å². The lowest BCUT2D eigenvalue weighted by molar-refractivity contribution is -0.0676. The molecule has 0 aromatic heterocycles. The third-order valence-corrected chi connectivity index (χ3v) is 5.98. The topological polar surface area (TPSA) is 43.0 Å². The van der Waals surface area contributed by atoms with Crippen LogP contribution in [0.4, 0.5) is 0 Å². The standard InChI is InChI=1S/C22H26N2O3S/c1-14-5-7-18-16(11-14)17-13-22(2,27-18)24(21(28)23-17)10-9-15-6-8-19(25-3)20(12-15)26-4/h5-8,11-12,17H,9-10,13H2,1-4H3,(H,23,28)/t17-,22+/m0/s1. The quantitative estimate of drug-likeness (QED) is 0.769. The Morgan fingerprint density at radius 2 is 1.96 bits per heavy atom. The smallest absolute Gasteiger partial charge is 0.184 e. The van der Waals surface area contributed by atoms with Crippen LogP contribution in [0.2, 0.25) is 0 Å². The van der Waals surface area contributed by atoms with Gasteiger partial charge in [0, 0.05) is 18.5 Å². The largest absolute Gasteiger partial charge is 0.493 e. The van der Waals surface area contributed by atoms with Crippen molar-refractivity contribution in [2.24, 2.45) is 0 Å². The van der Waals surface area contributed by atoms with Gasteiger partial charge in [0.2, 0.25) is 0 Å². The number of aryl methyl sites for hydroxylation is 1. The van der Waals surface area contributed by atoms with E-state index >= 15 is 0 Å². The number of rotatable bonds is 5. The van der Waals surface area contributed by atoms with Crippen molar-refractivity contribution in [3.05, 3.63) is 53.1 Å². The second kappa shape index (κ2) is 7.17. The van der Waals surface area contributed by atoms with Gasteiger partial charge in [-0.15, -0.1) is 0 Å². The Labute approximate surface area is 171 Å². The molecule has 0 amide bonds. The first kappa shape index (κ1) is 18.9. The minimum Gasteiger partial charge on any atom is -0.493 e. The van der Waals surface area contributed by atoms with E-state index in [4.69, 9.17) is 26.4 Å². The van der Waals surface area contributed by atoms with E-state index < -0.39 is 5.72 Å². The molecule has 2 heterocycles. The molecular weight excluding hydrogens is 372 g/mol. The summed E-state index contributed by atoms with van der Waals surface area (Å²) in [5.41, 5.74) is 3.14. The zero-order chi connectivity index (χ0) is 19.9. The van der Waals surface area contributed by atoms with Gasteiger partial charge in [0.1, 0.15) is 5.75 Å². The molecule has 0 aliphatic carbocycles. The predicted molar refractivity (Wildman–Crippen MR) is 113 cm³/mol. The number of nitrogens with zero attached hydrogens (tertiary/aromatic N) is 1. The fourth-order valence-electron chi connectivity index (χ4n) is 4.15. The molecule has 2 aromatic carbocycles. The Morgan fingerprint density at radius 3 is 2.71 bits per heavy atom. The molecule has 148 valence electrons. The second-order valence-electron chi connectivity index (χ2n) is 7.62. The molecular formula is C22H26N2O3S. The van der Waals surface area contributed by atoms with Crippen LogP contribution in [0.5, 0.6) is 17.2 Å². The molecule has 0 spiro atoms. The number of nitrogens with one attached hydrogen (secondary N) is 1. The van der Waals surface area contributed by atoms with Crippen LogP contribution in [0.25, 0.3) is 0 Å². The Kier molecular flexibility index (Phi) is 4.83. The SMILES string of the molecule is COc1ccc(CCN2C(=S)N[C@H]3C[C@@]2(C)Oc2ccc(C)cc23)cc1OC. The minimum absolute atomic E-state index is 0.193. The summed E-state index contributed by atoms with van der Waals surface area (Å²) in [6.07, 6.45) is 1.68. The van der Waals surface area contributed by atoms with Crippen molar-refractivity contribution in [2.45, 2.75) is 38.5 Å². The van der Waals surface area contributed by atoms with Crippen LogP contribution in [-0.4, -0.2) is 36.5 Å². The molecule has 28 heavy (non-hydrogen) atoms. The van der Waals surface area contributed by atoms with Crippen molar-refractivity contribution >= 4 is 17.3 Å². The zero-order valence-electron chi connectivity index (χ0n) is 16.7. The van der Waals surface area contributed by atoms with Gasteiger partial charge in [-0.05, 0) is 56.2 Å². The van der Waals surface area contributed by atoms with Gasteiger partial charge in [-0.3, -0.25) is 0 Å². The Hall–Kier alpha value is -2.47. The van der Waals surface area contributed by atoms with Crippen molar-refractivity contribution in [3.8, 4) is 17.2 Å². The summed E-state index contributed by atoms with van der Waals surface area (Å²) in [6, 6.07) is 12.6. The van der Waals surface area contributed by atoms with Crippen LogP contribution in [0.3, 0.4) is 0 Å². The number of ether oxygens (including phenoxy) is 3. The molecule has 0 radical (unpaired) electrons. The molecule has 0 unspecified atom stereocenters. The first-order chi connectivity index (χ1) is 13.4. The highest BCUT2D eigenvalue weighted by Gasteiger charge is 2.47. The van der Waals surface area contributed by atoms with Gasteiger partial charge in [0.05, 0.1) is 20.3 Å². The van der Waals surface area contributed by atoms with Crippen LogP contribution in [0.15, 0.2) is 36.4 Å². The lowest BCUT2D eigenvalue weighted by Crippen LogP contribution is -2.64. The van der Waals surface area contributed by atoms with Gasteiger partial charge < -0.3 is 24.4 Å². The van der Waals surface area contributed by atoms with E-state index in [1.54, 1.807) is 14.2 Å². The number of thiocarbonyl (C=S) groups is 1. The molecule has 2 aliphatic rings. The van der Waals surface area contributed by atoms with Crippen LogP contribution in [0.1, 0.15) is 36.1 Å². The third kappa shape index (κ3) is 3.26. The zero-order valence-corrected chi connectivity index (χ0v) is 17.6. The number of fused-ring (bicyclic) bond motifs is 4. The van der Waals surface area contributed by atoms with Crippen molar-refractivity contribution in [1.82, 2.24) is 10.2 Å². The third-order valence-electron chi connectivity index (χ3n) is 5.64. The lowest BCUT2D eigenvalue weighted by atomic mass is 9.89. The van der Waals surface area contributed by atoms with Gasteiger partial charge in [-0.2, -0.15) is 0 Å². The van der Waals surface area contributed by atoms with Crippen molar-refractivity contribution < 1.29 is 14.2 Å². The summed E-state index contributed by atoms with van der Waals surface area (Å²) in [5.74, 6) is 2.41. The van der Waals surface area contributed by atoms with Gasteiger partial charge in [0.15, 0.2) is 22.3 Å². The van der Waals surface area contributed by atoms with Crippen LogP contribution < -0.4 is 19.5 Å². The minimum atomic E-state index is -0.453. The highest BCUT2D eigenvalue weighted by atomic mass is 32.1. The first-order valence-electron chi connectivity index (χ1n) is 9.52. The summed E-state index contributed by atoms with van der Waals surface area (Å²) < 4.78 is 17.2. The summed E-state index contributed by atoms with van der Waals surface area (Å²) in [6.45, 7) is 4.99.